The number of Topliss-reactive ketones (excluding diaryl/α,β-unsaturated/α-hetero) is 1. The van der Waals surface area contributed by atoms with Gasteiger partial charge in [-0.3, -0.25) is 14.6 Å². The van der Waals surface area contributed by atoms with Crippen LogP contribution in [0.25, 0.3) is 0 Å². The predicted octanol–water partition coefficient (Wildman–Crippen LogP) is 6.22. The molecule has 2 aromatic carbocycles. The van der Waals surface area contributed by atoms with Gasteiger partial charge in [-0.2, -0.15) is 0 Å². The third-order valence-electron chi connectivity index (χ3n) is 7.11. The Labute approximate surface area is 230 Å². The Morgan fingerprint density at radius 2 is 1.95 bits per heavy atom. The van der Waals surface area contributed by atoms with Crippen LogP contribution in [0.15, 0.2) is 41.4 Å². The molecule has 4 rings (SSSR count). The van der Waals surface area contributed by atoms with Gasteiger partial charge in [0.1, 0.15) is 5.78 Å². The van der Waals surface area contributed by atoms with Crippen LogP contribution in [0.5, 0.6) is 0 Å². The molecule has 37 heavy (non-hydrogen) atoms. The molecule has 0 spiro atoms. The second-order valence-electron chi connectivity index (χ2n) is 11.2. The van der Waals surface area contributed by atoms with Crippen LogP contribution in [-0.4, -0.2) is 49.5 Å². The van der Waals surface area contributed by atoms with E-state index in [1.54, 1.807) is 24.0 Å². The molecule has 1 N–H and O–H groups in total. The van der Waals surface area contributed by atoms with Crippen molar-refractivity contribution in [1.29, 1.82) is 0 Å². The van der Waals surface area contributed by atoms with Crippen LogP contribution in [0.1, 0.15) is 57.2 Å². The number of nitrogens with zero attached hydrogens (tertiary/aromatic N) is 3. The molecule has 0 saturated heterocycles. The van der Waals surface area contributed by atoms with Gasteiger partial charge in [-0.05, 0) is 74.8 Å². The van der Waals surface area contributed by atoms with E-state index in [-0.39, 0.29) is 17.1 Å². The van der Waals surface area contributed by atoms with Gasteiger partial charge in [-0.25, -0.2) is 0 Å². The number of halogens is 2. The molecule has 0 radical (unpaired) electrons. The van der Waals surface area contributed by atoms with E-state index in [9.17, 15) is 9.59 Å². The summed E-state index contributed by atoms with van der Waals surface area (Å²) in [6.45, 7) is 8.15. The number of hydrogen-bond acceptors (Lipinski definition) is 5. The van der Waals surface area contributed by atoms with Crippen LogP contribution in [0.2, 0.25) is 10.0 Å². The minimum atomic E-state index is -0.610. The van der Waals surface area contributed by atoms with Crippen LogP contribution in [-0.2, 0) is 16.1 Å². The SMILES string of the molecule is CC(=O)N1c2c(CNCCCN(C)C)cccc2N=C2CC(C)(C)CC(=O)C2C1c1ccc(Cl)cc1Cl. The summed E-state index contributed by atoms with van der Waals surface area (Å²) >= 11 is 13.0. The van der Waals surface area contributed by atoms with E-state index in [1.165, 1.54) is 0 Å². The first-order valence-corrected chi connectivity index (χ1v) is 13.6. The van der Waals surface area contributed by atoms with E-state index in [1.807, 2.05) is 24.3 Å². The van der Waals surface area contributed by atoms with Crippen molar-refractivity contribution in [2.24, 2.45) is 16.3 Å². The lowest BCUT2D eigenvalue weighted by Crippen LogP contribution is -2.47. The number of benzene rings is 2. The van der Waals surface area contributed by atoms with E-state index in [0.717, 1.165) is 36.5 Å². The Morgan fingerprint density at radius 3 is 2.62 bits per heavy atom. The van der Waals surface area contributed by atoms with Crippen LogP contribution in [0, 0.1) is 11.3 Å². The zero-order valence-electron chi connectivity index (χ0n) is 22.3. The van der Waals surface area contributed by atoms with Gasteiger partial charge in [0.05, 0.1) is 23.3 Å². The van der Waals surface area contributed by atoms with Crippen molar-refractivity contribution in [3.63, 3.8) is 0 Å². The van der Waals surface area contributed by atoms with Gasteiger partial charge in [0, 0.05) is 35.6 Å². The number of aliphatic imine (C=N–C) groups is 1. The molecule has 1 fully saturated rings. The Morgan fingerprint density at radius 1 is 1.19 bits per heavy atom. The summed E-state index contributed by atoms with van der Waals surface area (Å²) in [5, 5.41) is 4.46. The maximum Gasteiger partial charge on any atom is 0.224 e. The fourth-order valence-electron chi connectivity index (χ4n) is 5.59. The lowest BCUT2D eigenvalue weighted by atomic mass is 9.68. The molecule has 2 atom stereocenters. The first-order chi connectivity index (χ1) is 17.5. The summed E-state index contributed by atoms with van der Waals surface area (Å²) in [6.07, 6.45) is 2.10. The predicted molar refractivity (Wildman–Crippen MR) is 152 cm³/mol. The summed E-state index contributed by atoms with van der Waals surface area (Å²) in [5.41, 5.74) is 3.70. The van der Waals surface area contributed by atoms with Crippen molar-refractivity contribution in [2.75, 3.05) is 32.1 Å². The van der Waals surface area contributed by atoms with Crippen LogP contribution >= 0.6 is 23.2 Å². The van der Waals surface area contributed by atoms with E-state index in [4.69, 9.17) is 28.2 Å². The first-order valence-electron chi connectivity index (χ1n) is 12.8. The topological polar surface area (TPSA) is 65.0 Å². The Kier molecular flexibility index (Phi) is 8.44. The fourth-order valence-corrected chi connectivity index (χ4v) is 6.11. The number of carbonyl (C=O) groups excluding carboxylic acids is 2. The number of rotatable bonds is 7. The van der Waals surface area contributed by atoms with Crippen molar-refractivity contribution in [2.45, 2.75) is 52.6 Å². The second-order valence-corrected chi connectivity index (χ2v) is 12.0. The average Bonchev–Trinajstić information content (AvgIpc) is 2.92. The van der Waals surface area contributed by atoms with Crippen molar-refractivity contribution >= 4 is 52.0 Å². The number of nitrogens with one attached hydrogen (secondary N) is 1. The van der Waals surface area contributed by atoms with Gasteiger partial charge in [0.2, 0.25) is 5.91 Å². The Balaban J connectivity index is 1.86. The summed E-state index contributed by atoms with van der Waals surface area (Å²) in [4.78, 5) is 36.2. The Bertz CT molecular complexity index is 1220. The lowest BCUT2D eigenvalue weighted by Gasteiger charge is -2.41. The van der Waals surface area contributed by atoms with Gasteiger partial charge in [-0.15, -0.1) is 0 Å². The standard InChI is InChI=1S/C29H36Cl2N4O2/c1-18(36)35-27-19(17-32-12-7-13-34(4)5)8-6-9-23(27)33-24-15-29(2,3)16-25(37)26(24)28(35)21-11-10-20(30)14-22(21)31/h6,8-11,14,26,28,32H,7,12-13,15-17H2,1-5H3. The van der Waals surface area contributed by atoms with Crippen LogP contribution < -0.4 is 10.2 Å². The highest BCUT2D eigenvalue weighted by molar-refractivity contribution is 6.35. The Hall–Kier alpha value is -2.25. The molecule has 0 bridgehead atoms. The second kappa shape index (κ2) is 11.2. The average molecular weight is 544 g/mol. The van der Waals surface area contributed by atoms with E-state index in [0.29, 0.717) is 40.7 Å². The highest BCUT2D eigenvalue weighted by Crippen LogP contribution is 2.50. The fraction of sp³-hybridized carbons (Fsp3) is 0.483. The van der Waals surface area contributed by atoms with Crippen molar-refractivity contribution in [3.05, 3.63) is 57.6 Å². The maximum atomic E-state index is 13.8. The molecular weight excluding hydrogens is 507 g/mol. The molecule has 1 heterocycles. The number of fused-ring (bicyclic) bond motifs is 2. The molecule has 2 unspecified atom stereocenters. The molecular formula is C29H36Cl2N4O2. The molecule has 198 valence electrons. The number of amides is 1. The molecule has 1 aliphatic heterocycles. The highest BCUT2D eigenvalue weighted by atomic mass is 35.5. The van der Waals surface area contributed by atoms with Gasteiger partial charge >= 0.3 is 0 Å². The van der Waals surface area contributed by atoms with Crippen molar-refractivity contribution in [1.82, 2.24) is 10.2 Å². The quantitative estimate of drug-likeness (QED) is 0.421. The number of hydrogen-bond donors (Lipinski definition) is 1. The zero-order valence-corrected chi connectivity index (χ0v) is 23.8. The summed E-state index contributed by atoms with van der Waals surface area (Å²) < 4.78 is 0. The third kappa shape index (κ3) is 6.09. The molecule has 1 saturated carbocycles. The number of carbonyl (C=O) groups is 2. The molecule has 1 amide bonds. The third-order valence-corrected chi connectivity index (χ3v) is 7.67. The summed E-state index contributed by atoms with van der Waals surface area (Å²) in [7, 11) is 4.12. The lowest BCUT2D eigenvalue weighted by molar-refractivity contribution is -0.124. The monoisotopic (exact) mass is 542 g/mol. The molecule has 0 aromatic heterocycles. The van der Waals surface area contributed by atoms with E-state index >= 15 is 0 Å². The number of ketones is 1. The normalized spacial score (nSPS) is 20.8. The van der Waals surface area contributed by atoms with Crippen molar-refractivity contribution in [3.8, 4) is 0 Å². The van der Waals surface area contributed by atoms with Gasteiger partial charge in [0.15, 0.2) is 0 Å². The zero-order chi connectivity index (χ0) is 26.9. The smallest absolute Gasteiger partial charge is 0.224 e. The molecule has 6 nitrogen and oxygen atoms in total. The largest absolute Gasteiger partial charge is 0.313 e. The summed E-state index contributed by atoms with van der Waals surface area (Å²) in [6, 6.07) is 10.6. The summed E-state index contributed by atoms with van der Waals surface area (Å²) in [5.74, 6) is -0.663. The van der Waals surface area contributed by atoms with E-state index < -0.39 is 12.0 Å². The van der Waals surface area contributed by atoms with Crippen LogP contribution in [0.4, 0.5) is 11.4 Å². The highest BCUT2D eigenvalue weighted by Gasteiger charge is 2.48. The number of para-hydroxylation sites is 1. The first kappa shape index (κ1) is 27.8. The minimum Gasteiger partial charge on any atom is -0.313 e. The van der Waals surface area contributed by atoms with Gasteiger partial charge < -0.3 is 15.1 Å². The molecule has 2 aliphatic rings. The van der Waals surface area contributed by atoms with Crippen molar-refractivity contribution < 1.29 is 9.59 Å². The molecule has 8 heteroatoms. The van der Waals surface area contributed by atoms with Gasteiger partial charge in [0.25, 0.3) is 0 Å². The minimum absolute atomic E-state index is 0.0773. The van der Waals surface area contributed by atoms with Gasteiger partial charge in [-0.1, -0.05) is 55.2 Å². The van der Waals surface area contributed by atoms with Crippen LogP contribution in [0.3, 0.4) is 0 Å². The maximum absolute atomic E-state index is 13.8. The molecule has 2 aromatic rings. The van der Waals surface area contributed by atoms with E-state index in [2.05, 4.69) is 38.2 Å². The number of anilines is 1. The molecule has 1 aliphatic carbocycles.